The van der Waals surface area contributed by atoms with Gasteiger partial charge in [0.1, 0.15) is 0 Å². The van der Waals surface area contributed by atoms with E-state index in [0.717, 1.165) is 48.4 Å². The van der Waals surface area contributed by atoms with Crippen LogP contribution in [0.3, 0.4) is 0 Å². The maximum atomic E-state index is 12.8. The Morgan fingerprint density at radius 2 is 2.00 bits per heavy atom. The molecule has 1 saturated heterocycles. The second-order valence-corrected chi connectivity index (χ2v) is 7.11. The molecule has 0 bridgehead atoms. The van der Waals surface area contributed by atoms with Gasteiger partial charge in [0.2, 0.25) is 0 Å². The number of carbonyl (C=O) groups excluding carboxylic acids is 1. The number of nitrogens with zero attached hydrogens (tertiary/aromatic N) is 3. The van der Waals surface area contributed by atoms with Gasteiger partial charge >= 0.3 is 0 Å². The number of hydrogen-bond acceptors (Lipinski definition) is 4. The van der Waals surface area contributed by atoms with Gasteiger partial charge in [-0.25, -0.2) is 0 Å². The number of likely N-dealkylation sites (tertiary alicyclic amines) is 1. The van der Waals surface area contributed by atoms with E-state index < -0.39 is 0 Å². The minimum atomic E-state index is 0.115. The summed E-state index contributed by atoms with van der Waals surface area (Å²) in [5.74, 6) is 0.115. The molecule has 1 aliphatic heterocycles. The number of amides is 1. The molecule has 2 aromatic heterocycles. The zero-order chi connectivity index (χ0) is 16.4. The van der Waals surface area contributed by atoms with Gasteiger partial charge in [-0.2, -0.15) is 11.3 Å². The van der Waals surface area contributed by atoms with Gasteiger partial charge in [-0.3, -0.25) is 9.78 Å². The molecule has 0 spiro atoms. The van der Waals surface area contributed by atoms with Crippen molar-refractivity contribution >= 4 is 17.2 Å². The summed E-state index contributed by atoms with van der Waals surface area (Å²) in [5, 5.41) is 4.12. The largest absolute Gasteiger partial charge is 0.338 e. The van der Waals surface area contributed by atoms with E-state index in [1.807, 2.05) is 29.3 Å². The third-order valence-electron chi connectivity index (χ3n) is 4.62. The first-order valence-electron chi connectivity index (χ1n) is 8.02. The van der Waals surface area contributed by atoms with Crippen LogP contribution in [0.15, 0.2) is 29.0 Å². The molecular formula is C18H23N3OS. The fourth-order valence-electron chi connectivity index (χ4n) is 3.11. The van der Waals surface area contributed by atoms with Gasteiger partial charge in [0, 0.05) is 30.1 Å². The number of hydrogen-bond donors (Lipinski definition) is 0. The zero-order valence-corrected chi connectivity index (χ0v) is 14.8. The summed E-state index contributed by atoms with van der Waals surface area (Å²) < 4.78 is 0. The Balaban J connectivity index is 1.73. The van der Waals surface area contributed by atoms with E-state index in [4.69, 9.17) is 0 Å². The van der Waals surface area contributed by atoms with Gasteiger partial charge in [0.25, 0.3) is 5.91 Å². The Hall–Kier alpha value is -1.72. The quantitative estimate of drug-likeness (QED) is 0.867. The van der Waals surface area contributed by atoms with E-state index >= 15 is 0 Å². The Morgan fingerprint density at radius 1 is 1.26 bits per heavy atom. The van der Waals surface area contributed by atoms with Crippen LogP contribution in [0, 0.1) is 6.92 Å². The van der Waals surface area contributed by atoms with Gasteiger partial charge in [-0.1, -0.05) is 0 Å². The third-order valence-corrected chi connectivity index (χ3v) is 5.30. The molecule has 0 radical (unpaired) electrons. The lowest BCUT2D eigenvalue weighted by atomic mass is 10.0. The van der Waals surface area contributed by atoms with Crippen LogP contribution in [0.4, 0.5) is 0 Å². The Kier molecular flexibility index (Phi) is 4.78. The van der Waals surface area contributed by atoms with E-state index in [-0.39, 0.29) is 5.91 Å². The Morgan fingerprint density at radius 3 is 2.57 bits per heavy atom. The van der Waals surface area contributed by atoms with Crippen molar-refractivity contribution in [2.45, 2.75) is 25.8 Å². The van der Waals surface area contributed by atoms with Crippen molar-refractivity contribution in [3.05, 3.63) is 40.2 Å². The highest BCUT2D eigenvalue weighted by atomic mass is 32.1. The van der Waals surface area contributed by atoms with Crippen LogP contribution >= 0.6 is 11.3 Å². The summed E-state index contributed by atoms with van der Waals surface area (Å²) >= 11 is 1.66. The normalized spacial score (nSPS) is 16.1. The summed E-state index contributed by atoms with van der Waals surface area (Å²) in [7, 11) is 4.22. The van der Waals surface area contributed by atoms with Crippen molar-refractivity contribution < 1.29 is 4.79 Å². The summed E-state index contributed by atoms with van der Waals surface area (Å²) in [6, 6.07) is 6.52. The van der Waals surface area contributed by atoms with Crippen LogP contribution < -0.4 is 0 Å². The van der Waals surface area contributed by atoms with Crippen molar-refractivity contribution in [3.8, 4) is 11.3 Å². The molecule has 3 heterocycles. The number of aryl methyl sites for hydroxylation is 1. The van der Waals surface area contributed by atoms with E-state index in [2.05, 4.69) is 35.4 Å². The molecule has 0 saturated carbocycles. The second-order valence-electron chi connectivity index (χ2n) is 6.33. The minimum absolute atomic E-state index is 0.115. The molecule has 0 unspecified atom stereocenters. The van der Waals surface area contributed by atoms with Gasteiger partial charge < -0.3 is 9.80 Å². The maximum Gasteiger partial charge on any atom is 0.255 e. The van der Waals surface area contributed by atoms with E-state index in [0.29, 0.717) is 6.04 Å². The predicted molar refractivity (Wildman–Crippen MR) is 94.9 cm³/mol. The van der Waals surface area contributed by atoms with Crippen molar-refractivity contribution in [2.75, 3.05) is 27.2 Å². The van der Waals surface area contributed by atoms with E-state index in [1.54, 1.807) is 11.3 Å². The standard InChI is InChI=1S/C18H23N3OS/c1-13-16(4-5-17(19-13)14-8-11-23-12-14)18(22)21-9-6-15(7-10-21)20(2)3/h4-5,8,11-12,15H,6-7,9-10H2,1-3H3. The van der Waals surface area contributed by atoms with Gasteiger partial charge in [-0.15, -0.1) is 0 Å². The zero-order valence-electron chi connectivity index (χ0n) is 14.0. The SMILES string of the molecule is Cc1nc(-c2ccsc2)ccc1C(=O)N1CCC(N(C)C)CC1. The lowest BCUT2D eigenvalue weighted by molar-refractivity contribution is 0.0662. The molecular weight excluding hydrogens is 306 g/mol. The molecule has 0 aromatic carbocycles. The smallest absolute Gasteiger partial charge is 0.255 e. The summed E-state index contributed by atoms with van der Waals surface area (Å²) in [5.41, 5.74) is 3.59. The van der Waals surface area contributed by atoms with Gasteiger partial charge in [0.15, 0.2) is 0 Å². The van der Waals surface area contributed by atoms with Crippen molar-refractivity contribution in [3.63, 3.8) is 0 Å². The number of thiophene rings is 1. The van der Waals surface area contributed by atoms with Gasteiger partial charge in [0.05, 0.1) is 17.0 Å². The highest BCUT2D eigenvalue weighted by molar-refractivity contribution is 7.08. The van der Waals surface area contributed by atoms with Crippen LogP contribution in [-0.4, -0.2) is 53.9 Å². The Labute approximate surface area is 141 Å². The number of carbonyl (C=O) groups is 1. The van der Waals surface area contributed by atoms with Crippen molar-refractivity contribution in [2.24, 2.45) is 0 Å². The summed E-state index contributed by atoms with van der Waals surface area (Å²) in [6.07, 6.45) is 2.08. The monoisotopic (exact) mass is 329 g/mol. The number of piperidine rings is 1. The van der Waals surface area contributed by atoms with Crippen molar-refractivity contribution in [1.82, 2.24) is 14.8 Å². The molecule has 3 rings (SSSR count). The third kappa shape index (κ3) is 3.46. The molecule has 1 fully saturated rings. The van der Waals surface area contributed by atoms with Crippen LogP contribution in [0.25, 0.3) is 11.3 Å². The van der Waals surface area contributed by atoms with Gasteiger partial charge in [-0.05, 0) is 57.4 Å². The highest BCUT2D eigenvalue weighted by Crippen LogP contribution is 2.23. The molecule has 0 aliphatic carbocycles. The average molecular weight is 329 g/mol. The summed E-state index contributed by atoms with van der Waals surface area (Å²) in [4.78, 5) is 21.6. The molecule has 1 aliphatic rings. The van der Waals surface area contributed by atoms with Crippen LogP contribution in [-0.2, 0) is 0 Å². The topological polar surface area (TPSA) is 36.4 Å². The summed E-state index contributed by atoms with van der Waals surface area (Å²) in [6.45, 7) is 3.58. The molecule has 23 heavy (non-hydrogen) atoms. The predicted octanol–water partition coefficient (Wildman–Crippen LogP) is 3.28. The first kappa shape index (κ1) is 16.1. The average Bonchev–Trinajstić information content (AvgIpc) is 3.08. The second kappa shape index (κ2) is 6.81. The fraction of sp³-hybridized carbons (Fsp3) is 0.444. The van der Waals surface area contributed by atoms with Crippen LogP contribution in [0.1, 0.15) is 28.9 Å². The van der Waals surface area contributed by atoms with Crippen LogP contribution in [0.2, 0.25) is 0 Å². The van der Waals surface area contributed by atoms with E-state index in [9.17, 15) is 4.79 Å². The molecule has 2 aromatic rings. The number of aromatic nitrogens is 1. The molecule has 0 N–H and O–H groups in total. The fourth-order valence-corrected chi connectivity index (χ4v) is 3.76. The molecule has 0 atom stereocenters. The highest BCUT2D eigenvalue weighted by Gasteiger charge is 2.25. The molecule has 4 nitrogen and oxygen atoms in total. The van der Waals surface area contributed by atoms with Crippen LogP contribution in [0.5, 0.6) is 0 Å². The molecule has 1 amide bonds. The van der Waals surface area contributed by atoms with E-state index in [1.165, 1.54) is 0 Å². The molecule has 122 valence electrons. The number of pyridine rings is 1. The Bertz CT molecular complexity index is 674. The maximum absolute atomic E-state index is 12.8. The molecule has 5 heteroatoms. The minimum Gasteiger partial charge on any atom is -0.338 e. The first-order chi connectivity index (χ1) is 11.1. The van der Waals surface area contributed by atoms with Crippen molar-refractivity contribution in [1.29, 1.82) is 0 Å². The number of rotatable bonds is 3. The lowest BCUT2D eigenvalue weighted by Crippen LogP contribution is -2.44. The lowest BCUT2D eigenvalue weighted by Gasteiger charge is -2.35. The first-order valence-corrected chi connectivity index (χ1v) is 8.96.